The number of halogens is 3. The molecule has 0 heterocycles. The van der Waals surface area contributed by atoms with E-state index in [4.69, 9.17) is 0 Å². The van der Waals surface area contributed by atoms with E-state index in [0.29, 0.717) is 13.0 Å². The molecule has 2 unspecified atom stereocenters. The zero-order valence-corrected chi connectivity index (χ0v) is 11.9. The van der Waals surface area contributed by atoms with Crippen molar-refractivity contribution in [1.29, 1.82) is 0 Å². The average Bonchev–Trinajstić information content (AvgIpc) is 2.44. The minimum atomic E-state index is -4.84. The number of aliphatic hydroxyl groups excluding tert-OH is 1. The lowest BCUT2D eigenvalue weighted by atomic mass is 9.87. The van der Waals surface area contributed by atoms with Gasteiger partial charge in [0.15, 0.2) is 0 Å². The fourth-order valence-corrected chi connectivity index (χ4v) is 2.65. The number of ether oxygens (including phenoxy) is 1. The summed E-state index contributed by atoms with van der Waals surface area (Å²) in [6.07, 6.45) is -2.08. The van der Waals surface area contributed by atoms with E-state index in [0.717, 1.165) is 25.3 Å². The predicted molar refractivity (Wildman–Crippen MR) is 73.4 cm³/mol. The number of rotatable bonds is 4. The van der Waals surface area contributed by atoms with Gasteiger partial charge in [-0.2, -0.15) is 0 Å². The number of para-hydroxylation sites is 1. The lowest BCUT2D eigenvalue weighted by molar-refractivity contribution is -0.274. The Morgan fingerprint density at radius 1 is 1.32 bits per heavy atom. The number of carbonyl (C=O) groups is 1. The Labute approximate surface area is 126 Å². The predicted octanol–water partition coefficient (Wildman–Crippen LogP) is 2.87. The summed E-state index contributed by atoms with van der Waals surface area (Å²) in [4.78, 5) is 12.1. The first kappa shape index (κ1) is 16.6. The van der Waals surface area contributed by atoms with Gasteiger partial charge in [0, 0.05) is 6.54 Å². The molecule has 122 valence electrons. The molecule has 22 heavy (non-hydrogen) atoms. The molecular weight excluding hydrogens is 299 g/mol. The molecule has 1 aliphatic carbocycles. The van der Waals surface area contributed by atoms with Gasteiger partial charge in [0.1, 0.15) is 5.75 Å². The number of alkyl halides is 3. The Hall–Kier alpha value is -1.76. The Balaban J connectivity index is 1.97. The largest absolute Gasteiger partial charge is 0.573 e. The van der Waals surface area contributed by atoms with E-state index in [1.54, 1.807) is 0 Å². The molecule has 0 spiro atoms. The number of amides is 1. The van der Waals surface area contributed by atoms with Crippen LogP contribution in [0.2, 0.25) is 0 Å². The summed E-state index contributed by atoms with van der Waals surface area (Å²) in [7, 11) is 0. The minimum absolute atomic E-state index is 0.142. The molecule has 1 aromatic carbocycles. The van der Waals surface area contributed by atoms with Gasteiger partial charge in [0.25, 0.3) is 5.91 Å². The van der Waals surface area contributed by atoms with E-state index in [2.05, 4.69) is 10.1 Å². The third-order valence-corrected chi connectivity index (χ3v) is 3.66. The highest BCUT2D eigenvalue weighted by Crippen LogP contribution is 2.27. The van der Waals surface area contributed by atoms with Crippen molar-refractivity contribution in [3.8, 4) is 5.75 Å². The van der Waals surface area contributed by atoms with Crippen LogP contribution < -0.4 is 10.1 Å². The second-order valence-corrected chi connectivity index (χ2v) is 5.44. The highest BCUT2D eigenvalue weighted by molar-refractivity contribution is 5.96. The van der Waals surface area contributed by atoms with Crippen molar-refractivity contribution >= 4 is 5.91 Å². The Kier molecular flexibility index (Phi) is 5.28. The molecule has 2 rings (SSSR count). The quantitative estimate of drug-likeness (QED) is 0.898. The van der Waals surface area contributed by atoms with Crippen LogP contribution >= 0.6 is 0 Å². The van der Waals surface area contributed by atoms with Crippen LogP contribution in [0.3, 0.4) is 0 Å². The van der Waals surface area contributed by atoms with Gasteiger partial charge < -0.3 is 15.2 Å². The van der Waals surface area contributed by atoms with Crippen LogP contribution in [0.1, 0.15) is 36.0 Å². The summed E-state index contributed by atoms with van der Waals surface area (Å²) < 4.78 is 40.8. The molecule has 2 atom stereocenters. The number of carbonyl (C=O) groups excluding carboxylic acids is 1. The first-order valence-electron chi connectivity index (χ1n) is 7.16. The maximum absolute atomic E-state index is 12.3. The number of benzene rings is 1. The third kappa shape index (κ3) is 4.91. The highest BCUT2D eigenvalue weighted by atomic mass is 19.4. The molecule has 4 nitrogen and oxygen atoms in total. The second-order valence-electron chi connectivity index (χ2n) is 5.44. The SMILES string of the molecule is O=C(NCC1CCCC(O)C1)c1ccccc1OC(F)(F)F. The monoisotopic (exact) mass is 317 g/mol. The smallest absolute Gasteiger partial charge is 0.405 e. The van der Waals surface area contributed by atoms with Gasteiger partial charge in [-0.15, -0.1) is 13.2 Å². The van der Waals surface area contributed by atoms with Crippen LogP contribution in [0, 0.1) is 5.92 Å². The lowest BCUT2D eigenvalue weighted by Gasteiger charge is -2.26. The zero-order valence-electron chi connectivity index (χ0n) is 11.9. The molecule has 1 amide bonds. The average molecular weight is 317 g/mol. The molecule has 1 saturated carbocycles. The van der Waals surface area contributed by atoms with Gasteiger partial charge >= 0.3 is 6.36 Å². The molecule has 2 N–H and O–H groups in total. The zero-order chi connectivity index (χ0) is 16.2. The summed E-state index contributed by atoms with van der Waals surface area (Å²) in [5, 5.41) is 12.2. The molecule has 0 saturated heterocycles. The molecule has 0 aromatic heterocycles. The van der Waals surface area contributed by atoms with Gasteiger partial charge in [0.05, 0.1) is 11.7 Å². The number of hydrogen-bond acceptors (Lipinski definition) is 3. The van der Waals surface area contributed by atoms with Crippen molar-refractivity contribution in [2.45, 2.75) is 38.1 Å². The number of nitrogens with one attached hydrogen (secondary N) is 1. The Morgan fingerprint density at radius 2 is 2.05 bits per heavy atom. The van der Waals surface area contributed by atoms with Gasteiger partial charge in [0.2, 0.25) is 0 Å². The van der Waals surface area contributed by atoms with E-state index in [9.17, 15) is 23.1 Å². The van der Waals surface area contributed by atoms with Gasteiger partial charge in [-0.1, -0.05) is 18.6 Å². The van der Waals surface area contributed by atoms with Crippen LogP contribution in [0.4, 0.5) is 13.2 Å². The van der Waals surface area contributed by atoms with Crippen molar-refractivity contribution in [1.82, 2.24) is 5.32 Å². The standard InChI is InChI=1S/C15H18F3NO3/c16-15(17,18)22-13-7-2-1-6-12(13)14(21)19-9-10-4-3-5-11(20)8-10/h1-2,6-7,10-11,20H,3-5,8-9H2,(H,19,21). The molecule has 1 aliphatic rings. The molecular formula is C15H18F3NO3. The first-order chi connectivity index (χ1) is 10.3. The Bertz CT molecular complexity index is 519. The van der Waals surface area contributed by atoms with E-state index in [-0.39, 0.29) is 17.6 Å². The topological polar surface area (TPSA) is 58.6 Å². The molecule has 0 radical (unpaired) electrons. The summed E-state index contributed by atoms with van der Waals surface area (Å²) in [6.45, 7) is 0.330. The van der Waals surface area contributed by atoms with Crippen LogP contribution in [0.5, 0.6) is 5.75 Å². The highest BCUT2D eigenvalue weighted by Gasteiger charge is 2.33. The first-order valence-corrected chi connectivity index (χ1v) is 7.16. The Morgan fingerprint density at radius 3 is 2.73 bits per heavy atom. The van der Waals surface area contributed by atoms with Crippen molar-refractivity contribution in [3.63, 3.8) is 0 Å². The number of aliphatic hydroxyl groups is 1. The minimum Gasteiger partial charge on any atom is -0.405 e. The fraction of sp³-hybridized carbons (Fsp3) is 0.533. The number of hydrogen-bond donors (Lipinski definition) is 2. The van der Waals surface area contributed by atoms with Crippen molar-refractivity contribution in [2.24, 2.45) is 5.92 Å². The third-order valence-electron chi connectivity index (χ3n) is 3.66. The van der Waals surface area contributed by atoms with Gasteiger partial charge in [-0.25, -0.2) is 0 Å². The van der Waals surface area contributed by atoms with Crippen molar-refractivity contribution < 1.29 is 27.8 Å². The summed E-state index contributed by atoms with van der Waals surface area (Å²) in [6, 6.07) is 5.23. The van der Waals surface area contributed by atoms with Crippen LogP contribution in [-0.4, -0.2) is 30.0 Å². The second kappa shape index (κ2) is 7.00. The van der Waals surface area contributed by atoms with Gasteiger partial charge in [-0.3, -0.25) is 4.79 Å². The van der Waals surface area contributed by atoms with Crippen LogP contribution in [0.15, 0.2) is 24.3 Å². The molecule has 0 aliphatic heterocycles. The summed E-state index contributed by atoms with van der Waals surface area (Å²) in [5.74, 6) is -0.987. The van der Waals surface area contributed by atoms with E-state index < -0.39 is 18.0 Å². The van der Waals surface area contributed by atoms with E-state index >= 15 is 0 Å². The molecule has 0 bridgehead atoms. The fourth-order valence-electron chi connectivity index (χ4n) is 2.65. The summed E-state index contributed by atoms with van der Waals surface area (Å²) in [5.41, 5.74) is -0.156. The normalized spacial score (nSPS) is 22.2. The maximum atomic E-state index is 12.3. The van der Waals surface area contributed by atoms with Crippen LogP contribution in [0.25, 0.3) is 0 Å². The molecule has 1 fully saturated rings. The maximum Gasteiger partial charge on any atom is 0.573 e. The molecule has 7 heteroatoms. The van der Waals surface area contributed by atoms with Crippen LogP contribution in [-0.2, 0) is 0 Å². The summed E-state index contributed by atoms with van der Waals surface area (Å²) >= 11 is 0. The lowest BCUT2D eigenvalue weighted by Crippen LogP contribution is -2.33. The van der Waals surface area contributed by atoms with E-state index in [1.807, 2.05) is 0 Å². The van der Waals surface area contributed by atoms with Crippen molar-refractivity contribution in [2.75, 3.05) is 6.54 Å². The van der Waals surface area contributed by atoms with Crippen molar-refractivity contribution in [3.05, 3.63) is 29.8 Å². The van der Waals surface area contributed by atoms with Gasteiger partial charge in [-0.05, 0) is 37.3 Å². The molecule has 1 aromatic rings. The van der Waals surface area contributed by atoms with E-state index in [1.165, 1.54) is 18.2 Å².